The molecule has 5 nitrogen and oxygen atoms in total. The molecule has 0 spiro atoms. The zero-order valence-electron chi connectivity index (χ0n) is 16.0. The standard InChI is InChI=1S/C20H26BrN5S/c1-24-8-10-26(11-9-24)7-3-4-16-23-18-17(13-5-6-13)22-14-12-15(21)27-20(14)19(18)25(16)2/h12-13H,3-11H2,1-2H3. The van der Waals surface area contributed by atoms with Crippen molar-refractivity contribution in [2.24, 2.45) is 7.05 Å². The van der Waals surface area contributed by atoms with Crippen LogP contribution in [0.4, 0.5) is 0 Å². The van der Waals surface area contributed by atoms with Gasteiger partial charge in [0.25, 0.3) is 0 Å². The first-order valence-corrected chi connectivity index (χ1v) is 11.6. The van der Waals surface area contributed by atoms with E-state index in [0.717, 1.165) is 21.2 Å². The molecule has 0 amide bonds. The third-order valence-corrected chi connectivity index (χ3v) is 7.64. The van der Waals surface area contributed by atoms with Gasteiger partial charge in [-0.15, -0.1) is 11.3 Å². The van der Waals surface area contributed by atoms with Crippen molar-refractivity contribution in [2.75, 3.05) is 39.8 Å². The number of piperazine rings is 1. The third-order valence-electron chi connectivity index (χ3n) is 6.00. The van der Waals surface area contributed by atoms with Crippen LogP contribution in [-0.4, -0.2) is 64.1 Å². The molecule has 27 heavy (non-hydrogen) atoms. The van der Waals surface area contributed by atoms with E-state index >= 15 is 0 Å². The molecule has 0 bridgehead atoms. The summed E-state index contributed by atoms with van der Waals surface area (Å²) in [6, 6.07) is 2.16. The molecule has 3 aromatic rings. The lowest BCUT2D eigenvalue weighted by Crippen LogP contribution is -2.44. The number of hydrogen-bond acceptors (Lipinski definition) is 5. The molecule has 0 radical (unpaired) electrons. The number of aromatic nitrogens is 3. The lowest BCUT2D eigenvalue weighted by molar-refractivity contribution is 0.153. The fourth-order valence-corrected chi connectivity index (χ4v) is 5.78. The van der Waals surface area contributed by atoms with Crippen molar-refractivity contribution < 1.29 is 0 Å². The Labute approximate surface area is 172 Å². The van der Waals surface area contributed by atoms with E-state index in [1.165, 1.54) is 73.7 Å². The Morgan fingerprint density at radius 1 is 1.15 bits per heavy atom. The van der Waals surface area contributed by atoms with E-state index in [2.05, 4.69) is 50.5 Å². The number of thiophene rings is 1. The van der Waals surface area contributed by atoms with E-state index in [-0.39, 0.29) is 0 Å². The van der Waals surface area contributed by atoms with Gasteiger partial charge in [-0.3, -0.25) is 0 Å². The number of likely N-dealkylation sites (N-methyl/N-ethyl adjacent to an activating group) is 1. The Hall–Kier alpha value is -1.02. The smallest absolute Gasteiger partial charge is 0.112 e. The maximum Gasteiger partial charge on any atom is 0.112 e. The minimum Gasteiger partial charge on any atom is -0.330 e. The summed E-state index contributed by atoms with van der Waals surface area (Å²) in [5, 5.41) is 0. The molecule has 2 fully saturated rings. The van der Waals surface area contributed by atoms with E-state index in [1.807, 2.05) is 0 Å². The summed E-state index contributed by atoms with van der Waals surface area (Å²) in [6.45, 7) is 5.93. The van der Waals surface area contributed by atoms with Crippen molar-refractivity contribution in [1.29, 1.82) is 0 Å². The van der Waals surface area contributed by atoms with Crippen molar-refractivity contribution in [3.63, 3.8) is 0 Å². The van der Waals surface area contributed by atoms with Gasteiger partial charge in [-0.05, 0) is 54.9 Å². The van der Waals surface area contributed by atoms with Crippen LogP contribution < -0.4 is 0 Å². The number of pyridine rings is 1. The van der Waals surface area contributed by atoms with E-state index in [4.69, 9.17) is 9.97 Å². The fraction of sp³-hybridized carbons (Fsp3) is 0.600. The maximum absolute atomic E-state index is 5.09. The van der Waals surface area contributed by atoms with Crippen LogP contribution in [-0.2, 0) is 13.5 Å². The van der Waals surface area contributed by atoms with Gasteiger partial charge in [0.15, 0.2) is 0 Å². The van der Waals surface area contributed by atoms with Crippen LogP contribution in [0.5, 0.6) is 0 Å². The molecule has 0 aromatic carbocycles. The van der Waals surface area contributed by atoms with E-state index < -0.39 is 0 Å². The maximum atomic E-state index is 5.09. The molecule has 144 valence electrons. The van der Waals surface area contributed by atoms with E-state index in [0.29, 0.717) is 5.92 Å². The normalized spacial score (nSPS) is 19.5. The highest BCUT2D eigenvalue weighted by molar-refractivity contribution is 9.11. The van der Waals surface area contributed by atoms with Gasteiger partial charge in [-0.2, -0.15) is 0 Å². The lowest BCUT2D eigenvalue weighted by atomic mass is 10.2. The predicted octanol–water partition coefficient (Wildman–Crippen LogP) is 4.00. The highest BCUT2D eigenvalue weighted by atomic mass is 79.9. The minimum atomic E-state index is 0.615. The van der Waals surface area contributed by atoms with Crippen molar-refractivity contribution in [2.45, 2.75) is 31.6 Å². The zero-order chi connectivity index (χ0) is 18.5. The second-order valence-electron chi connectivity index (χ2n) is 8.07. The number of imidazole rings is 1. The van der Waals surface area contributed by atoms with Crippen LogP contribution >= 0.6 is 27.3 Å². The summed E-state index contributed by atoms with van der Waals surface area (Å²) in [5.74, 6) is 1.82. The van der Waals surface area contributed by atoms with Gasteiger partial charge in [0.2, 0.25) is 0 Å². The summed E-state index contributed by atoms with van der Waals surface area (Å²) >= 11 is 5.43. The molecule has 1 saturated heterocycles. The molecule has 1 aliphatic carbocycles. The molecule has 1 aliphatic heterocycles. The van der Waals surface area contributed by atoms with Crippen LogP contribution in [0.2, 0.25) is 0 Å². The molecule has 4 heterocycles. The predicted molar refractivity (Wildman–Crippen MR) is 116 cm³/mol. The second kappa shape index (κ2) is 7.10. The highest BCUT2D eigenvalue weighted by Gasteiger charge is 2.30. The topological polar surface area (TPSA) is 37.2 Å². The number of aryl methyl sites for hydroxylation is 2. The molecule has 0 unspecified atom stereocenters. The highest BCUT2D eigenvalue weighted by Crippen LogP contribution is 2.45. The molecule has 7 heteroatoms. The first-order valence-electron chi connectivity index (χ1n) is 9.95. The molecule has 0 atom stereocenters. The summed E-state index contributed by atoms with van der Waals surface area (Å²) in [6.07, 6.45) is 4.72. The first-order chi connectivity index (χ1) is 13.1. The zero-order valence-corrected chi connectivity index (χ0v) is 18.4. The summed E-state index contributed by atoms with van der Waals surface area (Å²) < 4.78 is 4.75. The van der Waals surface area contributed by atoms with Crippen molar-refractivity contribution in [3.8, 4) is 0 Å². The Balaban J connectivity index is 1.42. The molecular weight excluding hydrogens is 422 g/mol. The quantitative estimate of drug-likeness (QED) is 0.591. The Kier molecular flexibility index (Phi) is 4.74. The van der Waals surface area contributed by atoms with Gasteiger partial charge < -0.3 is 14.4 Å². The first kappa shape index (κ1) is 18.0. The number of fused-ring (bicyclic) bond motifs is 3. The average Bonchev–Trinajstić information content (AvgIpc) is 3.35. The number of halogens is 1. The van der Waals surface area contributed by atoms with Gasteiger partial charge in [0.1, 0.15) is 11.3 Å². The molecule has 1 saturated carbocycles. The van der Waals surface area contributed by atoms with E-state index in [9.17, 15) is 0 Å². The summed E-state index contributed by atoms with van der Waals surface area (Å²) in [7, 11) is 4.40. The van der Waals surface area contributed by atoms with Gasteiger partial charge in [-0.1, -0.05) is 0 Å². The number of hydrogen-bond donors (Lipinski definition) is 0. The molecule has 5 rings (SSSR count). The average molecular weight is 448 g/mol. The monoisotopic (exact) mass is 447 g/mol. The van der Waals surface area contributed by atoms with Crippen LogP contribution in [0.15, 0.2) is 9.85 Å². The molecule has 3 aromatic heterocycles. The van der Waals surface area contributed by atoms with Crippen LogP contribution in [0.3, 0.4) is 0 Å². The molecular formula is C20H26BrN5S. The number of rotatable bonds is 5. The van der Waals surface area contributed by atoms with Crippen LogP contribution in [0.1, 0.15) is 36.7 Å². The van der Waals surface area contributed by atoms with Crippen LogP contribution in [0.25, 0.3) is 21.3 Å². The van der Waals surface area contributed by atoms with Gasteiger partial charge in [-0.25, -0.2) is 9.97 Å². The number of nitrogens with zero attached hydrogens (tertiary/aromatic N) is 5. The molecule has 0 N–H and O–H groups in total. The summed E-state index contributed by atoms with van der Waals surface area (Å²) in [5.41, 5.74) is 4.78. The van der Waals surface area contributed by atoms with Crippen molar-refractivity contribution in [1.82, 2.24) is 24.3 Å². The lowest BCUT2D eigenvalue weighted by Gasteiger charge is -2.32. The van der Waals surface area contributed by atoms with Crippen LogP contribution in [0, 0.1) is 0 Å². The SMILES string of the molecule is CN1CCN(CCCc2nc3c(C4CC4)nc4cc(Br)sc4c3n2C)CC1. The fourth-order valence-electron chi connectivity index (χ4n) is 4.17. The third kappa shape index (κ3) is 3.43. The van der Waals surface area contributed by atoms with E-state index in [1.54, 1.807) is 11.3 Å². The second-order valence-corrected chi connectivity index (χ2v) is 10.5. The van der Waals surface area contributed by atoms with Gasteiger partial charge in [0.05, 0.1) is 25.2 Å². The summed E-state index contributed by atoms with van der Waals surface area (Å²) in [4.78, 5) is 15.1. The van der Waals surface area contributed by atoms with Gasteiger partial charge in [0, 0.05) is 45.6 Å². The van der Waals surface area contributed by atoms with Crippen molar-refractivity contribution >= 4 is 48.5 Å². The minimum absolute atomic E-state index is 0.615. The molecule has 2 aliphatic rings. The largest absolute Gasteiger partial charge is 0.330 e. The Bertz CT molecular complexity index is 981. The Morgan fingerprint density at radius 3 is 2.67 bits per heavy atom. The van der Waals surface area contributed by atoms with Gasteiger partial charge >= 0.3 is 0 Å². The van der Waals surface area contributed by atoms with Crippen molar-refractivity contribution in [3.05, 3.63) is 21.4 Å². The Morgan fingerprint density at radius 2 is 1.93 bits per heavy atom.